The van der Waals surface area contributed by atoms with E-state index in [1.165, 1.54) is 6.92 Å². The van der Waals surface area contributed by atoms with Crippen LogP contribution in [0.3, 0.4) is 0 Å². The van der Waals surface area contributed by atoms with Crippen LogP contribution in [-0.4, -0.2) is 68.6 Å². The van der Waals surface area contributed by atoms with Gasteiger partial charge in [0.25, 0.3) is 11.1 Å². The quantitative estimate of drug-likeness (QED) is 0.259. The highest BCUT2D eigenvalue weighted by Crippen LogP contribution is 2.31. The molecule has 3 heterocycles. The number of aryl methyl sites for hydroxylation is 1. The van der Waals surface area contributed by atoms with Gasteiger partial charge in [-0.15, -0.1) is 0 Å². The number of carbonyl (C=O) groups excluding carboxylic acids is 3. The topological polar surface area (TPSA) is 169 Å². The summed E-state index contributed by atoms with van der Waals surface area (Å²) in [5.74, 6) is -2.19. The summed E-state index contributed by atoms with van der Waals surface area (Å²) in [5, 5.41) is 0.209. The van der Waals surface area contributed by atoms with Crippen molar-refractivity contribution >= 4 is 40.8 Å². The average Bonchev–Trinajstić information content (AvgIpc) is 2.71. The summed E-state index contributed by atoms with van der Waals surface area (Å²) < 4.78 is 22.7. The Hall–Kier alpha value is -3.26. The summed E-state index contributed by atoms with van der Waals surface area (Å²) in [6.07, 6.45) is -3.52. The highest BCUT2D eigenvalue weighted by Gasteiger charge is 2.48. The number of nitrogens with one attached hydrogen (secondary N) is 1. The van der Waals surface area contributed by atoms with Crippen molar-refractivity contribution in [3.63, 3.8) is 0 Å². The lowest BCUT2D eigenvalue weighted by molar-refractivity contribution is -0.239. The van der Waals surface area contributed by atoms with Crippen molar-refractivity contribution < 1.29 is 33.3 Å². The summed E-state index contributed by atoms with van der Waals surface area (Å²) in [5.41, 5.74) is -1.55. The number of H-pyrrole nitrogens is 1. The van der Waals surface area contributed by atoms with Crippen molar-refractivity contribution in [2.24, 2.45) is 0 Å². The molecule has 4 atom stereocenters. The van der Waals surface area contributed by atoms with Crippen LogP contribution in [0.4, 0.5) is 0 Å². The second-order valence-electron chi connectivity index (χ2n) is 7.14. The van der Waals surface area contributed by atoms with Gasteiger partial charge in [-0.1, -0.05) is 11.8 Å². The molecule has 0 saturated carbocycles. The minimum Gasteiger partial charge on any atom is -0.456 e. The smallest absolute Gasteiger partial charge is 0.303 e. The molecule has 2 aromatic rings. The average molecular weight is 482 g/mol. The van der Waals surface area contributed by atoms with Gasteiger partial charge in [-0.2, -0.15) is 0 Å². The van der Waals surface area contributed by atoms with Crippen LogP contribution in [0.5, 0.6) is 0 Å². The van der Waals surface area contributed by atoms with Gasteiger partial charge in [-0.3, -0.25) is 33.5 Å². The van der Waals surface area contributed by atoms with Crippen LogP contribution < -0.4 is 11.1 Å². The number of carbonyl (C=O) groups is 3. The van der Waals surface area contributed by atoms with Crippen molar-refractivity contribution in [3.8, 4) is 0 Å². The Kier molecular flexibility index (Phi) is 7.17. The van der Waals surface area contributed by atoms with Gasteiger partial charge in [0.2, 0.25) is 0 Å². The molecule has 1 aliphatic rings. The van der Waals surface area contributed by atoms with Gasteiger partial charge in [0.1, 0.15) is 5.69 Å². The number of aromatic nitrogens is 4. The number of ether oxygens (including phenoxy) is 4. The molecule has 0 spiro atoms. The van der Waals surface area contributed by atoms with Crippen LogP contribution in [0.2, 0.25) is 0 Å². The molecule has 1 fully saturated rings. The largest absolute Gasteiger partial charge is 0.456 e. The van der Waals surface area contributed by atoms with E-state index in [1.807, 2.05) is 0 Å². The lowest BCUT2D eigenvalue weighted by atomic mass is 10.0. The van der Waals surface area contributed by atoms with Gasteiger partial charge < -0.3 is 18.9 Å². The Bertz CT molecular complexity index is 1220. The lowest BCUT2D eigenvalue weighted by Gasteiger charge is -2.41. The summed E-state index contributed by atoms with van der Waals surface area (Å²) >= 11 is 1.13. The van der Waals surface area contributed by atoms with E-state index in [9.17, 15) is 24.0 Å². The van der Waals surface area contributed by atoms with Crippen molar-refractivity contribution in [2.45, 2.75) is 57.4 Å². The Morgan fingerprint density at radius 2 is 1.64 bits per heavy atom. The summed E-state index contributed by atoms with van der Waals surface area (Å²) in [7, 11) is 0. The number of aromatic amines is 1. The molecule has 0 radical (unpaired) electrons. The number of thioether (sulfide) groups is 1. The van der Waals surface area contributed by atoms with E-state index >= 15 is 0 Å². The fourth-order valence-electron chi connectivity index (χ4n) is 3.47. The summed E-state index contributed by atoms with van der Waals surface area (Å²) in [6.45, 7) is 4.50. The molecule has 13 nitrogen and oxygen atoms in total. The predicted molar refractivity (Wildman–Crippen MR) is 113 cm³/mol. The molecule has 0 aromatic carbocycles. The number of hydrogen-bond donors (Lipinski definition) is 1. The Balaban J connectivity index is 2.26. The first kappa shape index (κ1) is 24.4. The minimum atomic E-state index is -1.41. The zero-order valence-electron chi connectivity index (χ0n) is 18.4. The van der Waals surface area contributed by atoms with Crippen LogP contribution in [-0.2, 0) is 33.3 Å². The van der Waals surface area contributed by atoms with Gasteiger partial charge in [-0.25, -0.2) is 9.97 Å². The maximum atomic E-state index is 13.1. The summed E-state index contributed by atoms with van der Waals surface area (Å²) in [4.78, 5) is 71.9. The van der Waals surface area contributed by atoms with Gasteiger partial charge in [-0.05, 0) is 13.2 Å². The van der Waals surface area contributed by atoms with Crippen LogP contribution in [0, 0.1) is 6.92 Å². The molecule has 0 unspecified atom stereocenters. The first-order chi connectivity index (χ1) is 15.5. The Morgan fingerprint density at radius 1 is 1.03 bits per heavy atom. The first-order valence-electron chi connectivity index (χ1n) is 9.73. The SMILES string of the molecule is CSc1nc2c(nc(C)c(=O)n2[C@H]2OC[C@@H](OC(C)=O)[C@@H](OC(C)=O)[C@H]2OC(C)=O)c(=O)[nH]1. The van der Waals surface area contributed by atoms with Crippen molar-refractivity contribution in [1.82, 2.24) is 19.5 Å². The van der Waals surface area contributed by atoms with E-state index in [-0.39, 0.29) is 28.6 Å². The van der Waals surface area contributed by atoms with Crippen LogP contribution in [0.25, 0.3) is 11.2 Å². The summed E-state index contributed by atoms with van der Waals surface area (Å²) in [6, 6.07) is 0. The fourth-order valence-corrected chi connectivity index (χ4v) is 3.84. The first-order valence-corrected chi connectivity index (χ1v) is 11.0. The monoisotopic (exact) mass is 482 g/mol. The molecule has 33 heavy (non-hydrogen) atoms. The van der Waals surface area contributed by atoms with Crippen LogP contribution in [0.1, 0.15) is 32.7 Å². The van der Waals surface area contributed by atoms with E-state index in [4.69, 9.17) is 18.9 Å². The van der Waals surface area contributed by atoms with E-state index in [0.29, 0.717) is 0 Å². The van der Waals surface area contributed by atoms with Gasteiger partial charge in [0.15, 0.2) is 40.9 Å². The number of hydrogen-bond acceptors (Lipinski definition) is 12. The highest BCUT2D eigenvalue weighted by atomic mass is 32.2. The molecular formula is C19H22N4O9S. The standard InChI is InChI=1S/C19H22N4O9S/c1-7-17(28)23(15-12(20-7)16(27)22-19(21-15)33-5)18-14(32-10(4)26)13(31-9(3)25)11(6-29-18)30-8(2)24/h11,13-14,18H,6H2,1-5H3,(H,21,22,27)/t11-,13-,14-,18+/m1/s1. The van der Waals surface area contributed by atoms with Crippen molar-refractivity contribution in [1.29, 1.82) is 0 Å². The van der Waals surface area contributed by atoms with Crippen molar-refractivity contribution in [3.05, 3.63) is 26.4 Å². The van der Waals surface area contributed by atoms with Gasteiger partial charge in [0.05, 0.1) is 6.61 Å². The third-order valence-electron chi connectivity index (χ3n) is 4.66. The third-order valence-corrected chi connectivity index (χ3v) is 5.24. The second kappa shape index (κ2) is 9.70. The number of rotatable bonds is 5. The van der Waals surface area contributed by atoms with Crippen LogP contribution in [0.15, 0.2) is 14.7 Å². The molecule has 0 amide bonds. The van der Waals surface area contributed by atoms with Crippen molar-refractivity contribution in [2.75, 3.05) is 12.9 Å². The van der Waals surface area contributed by atoms with Crippen LogP contribution >= 0.6 is 11.8 Å². The van der Waals surface area contributed by atoms with E-state index in [1.54, 1.807) is 6.26 Å². The molecule has 3 rings (SSSR count). The second-order valence-corrected chi connectivity index (χ2v) is 7.93. The highest BCUT2D eigenvalue weighted by molar-refractivity contribution is 7.98. The number of fused-ring (bicyclic) bond motifs is 1. The fraction of sp³-hybridized carbons (Fsp3) is 0.526. The zero-order chi connectivity index (χ0) is 24.4. The molecule has 1 saturated heterocycles. The van der Waals surface area contributed by atoms with Gasteiger partial charge in [0, 0.05) is 20.8 Å². The lowest BCUT2D eigenvalue weighted by Crippen LogP contribution is -2.57. The minimum absolute atomic E-state index is 0.0389. The molecule has 14 heteroatoms. The third kappa shape index (κ3) is 5.06. The Labute approximate surface area is 190 Å². The Morgan fingerprint density at radius 3 is 2.21 bits per heavy atom. The zero-order valence-corrected chi connectivity index (χ0v) is 19.3. The predicted octanol–water partition coefficient (Wildman–Crippen LogP) is -0.166. The maximum Gasteiger partial charge on any atom is 0.303 e. The number of nitrogens with zero attached hydrogens (tertiary/aromatic N) is 3. The van der Waals surface area contributed by atoms with Gasteiger partial charge >= 0.3 is 17.9 Å². The van der Waals surface area contributed by atoms with E-state index in [2.05, 4.69) is 15.0 Å². The van der Waals surface area contributed by atoms with E-state index in [0.717, 1.165) is 37.1 Å². The molecule has 0 bridgehead atoms. The molecule has 1 aliphatic heterocycles. The number of esters is 3. The van der Waals surface area contributed by atoms with E-state index < -0.39 is 53.6 Å². The molecular weight excluding hydrogens is 460 g/mol. The maximum absolute atomic E-state index is 13.1. The molecule has 1 N–H and O–H groups in total. The normalized spacial score (nSPS) is 22.6. The molecule has 2 aromatic heterocycles. The molecule has 0 aliphatic carbocycles. The molecule has 178 valence electrons.